The van der Waals surface area contributed by atoms with E-state index in [2.05, 4.69) is 41.5 Å². The maximum atomic E-state index is 13.2. The van der Waals surface area contributed by atoms with Crippen LogP contribution in [0.3, 0.4) is 0 Å². The van der Waals surface area contributed by atoms with Gasteiger partial charge in [0.05, 0.1) is 26.4 Å². The summed E-state index contributed by atoms with van der Waals surface area (Å²) in [6, 6.07) is 0. The molecule has 0 aromatic rings. The van der Waals surface area contributed by atoms with Crippen molar-refractivity contribution in [2.75, 3.05) is 39.6 Å². The van der Waals surface area contributed by atoms with Gasteiger partial charge >= 0.3 is 39.5 Å². The Bertz CT molecular complexity index is 2100. The highest BCUT2D eigenvalue weighted by atomic mass is 31.2. The first kappa shape index (κ1) is 108. The third kappa shape index (κ3) is 84.0. The molecule has 0 aromatic carbocycles. The molecule has 0 bridgehead atoms. The SMILES string of the molecule is CCCCCCCCCCCCCCCCCCCCCC(=O)OC[C@H](COP(=O)(O)OC[C@@H](O)COP(=O)(O)OC[C@@H](COC(=O)CCCCCCCCCCCCCC)OC(=O)CCCCCCCCCCCCCCCCCC(C)C)OC(=O)CCCCCCCCCCCCCCCCCCCCC(C)C. The van der Waals surface area contributed by atoms with Gasteiger partial charge in [-0.15, -0.1) is 0 Å². The van der Waals surface area contributed by atoms with Crippen LogP contribution in [0.25, 0.3) is 0 Å². The molecule has 0 saturated carbocycles. The van der Waals surface area contributed by atoms with Crippen molar-refractivity contribution in [1.82, 2.24) is 0 Å². The van der Waals surface area contributed by atoms with Crippen LogP contribution in [0, 0.1) is 11.8 Å². The fourth-order valence-electron chi connectivity index (χ4n) is 14.3. The van der Waals surface area contributed by atoms with Crippen LogP contribution in [0.1, 0.15) is 491 Å². The van der Waals surface area contributed by atoms with Gasteiger partial charge in [-0.1, -0.05) is 440 Å². The molecule has 0 saturated heterocycles. The molecule has 0 aromatic heterocycles. The van der Waals surface area contributed by atoms with Gasteiger partial charge in [0.2, 0.25) is 0 Å². The number of hydrogen-bond acceptors (Lipinski definition) is 15. The lowest BCUT2D eigenvalue weighted by molar-refractivity contribution is -0.161. The molecule has 3 N–H and O–H groups in total. The van der Waals surface area contributed by atoms with E-state index in [-0.39, 0.29) is 25.7 Å². The van der Waals surface area contributed by atoms with E-state index in [0.717, 1.165) is 102 Å². The first-order chi connectivity index (χ1) is 53.4. The molecule has 0 rings (SSSR count). The van der Waals surface area contributed by atoms with Crippen molar-refractivity contribution in [2.24, 2.45) is 11.8 Å². The predicted octanol–water partition coefficient (Wildman–Crippen LogP) is 28.2. The Balaban J connectivity index is 5.25. The Labute approximate surface area is 677 Å². The number of carbonyl (C=O) groups excluding carboxylic acids is 4. The first-order valence-corrected chi connectivity index (χ1v) is 50.0. The summed E-state index contributed by atoms with van der Waals surface area (Å²) in [5.41, 5.74) is 0. The summed E-state index contributed by atoms with van der Waals surface area (Å²) in [5, 5.41) is 10.7. The highest BCUT2D eigenvalue weighted by molar-refractivity contribution is 7.47. The van der Waals surface area contributed by atoms with Gasteiger partial charge in [-0.05, 0) is 37.5 Å². The molecular formula is C91H178O17P2. The lowest BCUT2D eigenvalue weighted by Gasteiger charge is -2.21. The van der Waals surface area contributed by atoms with Crippen LogP contribution in [0.2, 0.25) is 0 Å². The second-order valence-electron chi connectivity index (χ2n) is 33.6. The Morgan fingerprint density at radius 1 is 0.245 bits per heavy atom. The molecule has 0 fully saturated rings. The van der Waals surface area contributed by atoms with Crippen molar-refractivity contribution >= 4 is 39.5 Å². The predicted molar refractivity (Wildman–Crippen MR) is 455 cm³/mol. The zero-order valence-electron chi connectivity index (χ0n) is 72.6. The van der Waals surface area contributed by atoms with Gasteiger partial charge in [0.25, 0.3) is 0 Å². The third-order valence-corrected chi connectivity index (χ3v) is 23.4. The van der Waals surface area contributed by atoms with E-state index in [1.807, 2.05) is 0 Å². The maximum absolute atomic E-state index is 13.2. The van der Waals surface area contributed by atoms with Crippen LogP contribution < -0.4 is 0 Å². The van der Waals surface area contributed by atoms with Crippen LogP contribution in [0.15, 0.2) is 0 Å². The Morgan fingerprint density at radius 3 is 0.618 bits per heavy atom. The Morgan fingerprint density at radius 2 is 0.418 bits per heavy atom. The fraction of sp³-hybridized carbons (Fsp3) is 0.956. The van der Waals surface area contributed by atoms with E-state index in [0.29, 0.717) is 25.7 Å². The standard InChI is InChI=1S/C91H178O17P2/c1-7-9-11-13-15-17-19-21-22-23-24-28-33-38-44-50-56-62-68-74-89(94)102-80-87(108-90(95)75-69-63-57-51-45-39-34-29-26-25-27-31-36-41-47-53-59-65-71-83(3)4)82-106-110(99,100)104-78-85(92)77-103-109(97,98)105-81-86(79-101-88(93)73-67-61-55-49-43-20-18-16-14-12-10-8-2)107-91(96)76-70-64-58-52-46-40-35-30-32-37-42-48-54-60-66-72-84(5)6/h83-87,92H,7-82H2,1-6H3,(H,97,98)(H,99,100)/t85-,86+,87+/m0/s1. The van der Waals surface area contributed by atoms with Crippen LogP contribution in [0.4, 0.5) is 0 Å². The van der Waals surface area contributed by atoms with Gasteiger partial charge in [-0.2, -0.15) is 0 Å². The third-order valence-electron chi connectivity index (χ3n) is 21.5. The van der Waals surface area contributed by atoms with Crippen molar-refractivity contribution < 1.29 is 80.2 Å². The monoisotopic (exact) mass is 1610 g/mol. The zero-order valence-corrected chi connectivity index (χ0v) is 74.4. The summed E-state index contributed by atoms with van der Waals surface area (Å²) >= 11 is 0. The summed E-state index contributed by atoms with van der Waals surface area (Å²) in [4.78, 5) is 73.4. The normalized spacial score (nSPS) is 13.7. The molecule has 0 aliphatic rings. The van der Waals surface area contributed by atoms with Crippen molar-refractivity contribution in [1.29, 1.82) is 0 Å². The summed E-state index contributed by atoms with van der Waals surface area (Å²) in [6.45, 7) is 9.77. The average molecular weight is 1610 g/mol. The van der Waals surface area contributed by atoms with Crippen molar-refractivity contribution in [3.8, 4) is 0 Å². The van der Waals surface area contributed by atoms with Crippen molar-refractivity contribution in [3.05, 3.63) is 0 Å². The molecule has 0 spiro atoms. The molecule has 0 aliphatic heterocycles. The summed E-state index contributed by atoms with van der Waals surface area (Å²) in [5.74, 6) is -0.471. The smallest absolute Gasteiger partial charge is 0.462 e. The van der Waals surface area contributed by atoms with Crippen LogP contribution in [0.5, 0.6) is 0 Å². The van der Waals surface area contributed by atoms with Crippen LogP contribution >= 0.6 is 15.6 Å². The van der Waals surface area contributed by atoms with Crippen LogP contribution in [-0.4, -0.2) is 96.7 Å². The number of carbonyl (C=O) groups is 4. The fourth-order valence-corrected chi connectivity index (χ4v) is 15.9. The second kappa shape index (κ2) is 82.2. The lowest BCUT2D eigenvalue weighted by Crippen LogP contribution is -2.30. The maximum Gasteiger partial charge on any atom is 0.472 e. The Hall–Kier alpha value is -1.94. The topological polar surface area (TPSA) is 237 Å². The molecule has 17 nitrogen and oxygen atoms in total. The van der Waals surface area contributed by atoms with E-state index >= 15 is 0 Å². The van der Waals surface area contributed by atoms with Crippen molar-refractivity contribution in [3.63, 3.8) is 0 Å². The van der Waals surface area contributed by atoms with E-state index in [4.69, 9.17) is 37.0 Å². The number of hydrogen-bond donors (Lipinski definition) is 3. The van der Waals surface area contributed by atoms with Gasteiger partial charge in [0, 0.05) is 25.7 Å². The first-order valence-electron chi connectivity index (χ1n) is 47.0. The summed E-state index contributed by atoms with van der Waals surface area (Å²) in [6.07, 6.45) is 76.4. The van der Waals surface area contributed by atoms with Crippen molar-refractivity contribution in [2.45, 2.75) is 509 Å². The highest BCUT2D eigenvalue weighted by Gasteiger charge is 2.31. The molecule has 654 valence electrons. The van der Waals surface area contributed by atoms with Gasteiger partial charge < -0.3 is 33.8 Å². The molecular weight excluding hydrogens is 1430 g/mol. The quantitative estimate of drug-likeness (QED) is 0.0222. The number of rotatable bonds is 90. The summed E-state index contributed by atoms with van der Waals surface area (Å²) < 4.78 is 69.1. The average Bonchev–Trinajstić information content (AvgIpc) is 0.898. The number of aliphatic hydroxyl groups excluding tert-OH is 1. The van der Waals surface area contributed by atoms with Gasteiger partial charge in [-0.3, -0.25) is 37.3 Å². The molecule has 0 amide bonds. The van der Waals surface area contributed by atoms with Gasteiger partial charge in [-0.25, -0.2) is 9.13 Å². The van der Waals surface area contributed by atoms with E-state index in [9.17, 15) is 43.2 Å². The minimum atomic E-state index is -4.97. The number of esters is 4. The molecule has 19 heteroatoms. The molecule has 110 heavy (non-hydrogen) atoms. The van der Waals surface area contributed by atoms with Gasteiger partial charge in [0.1, 0.15) is 19.3 Å². The molecule has 2 unspecified atom stereocenters. The summed E-state index contributed by atoms with van der Waals surface area (Å²) in [7, 11) is -9.94. The second-order valence-corrected chi connectivity index (χ2v) is 36.6. The number of ether oxygens (including phenoxy) is 4. The molecule has 0 radical (unpaired) electrons. The molecule has 5 atom stereocenters. The molecule has 0 heterocycles. The lowest BCUT2D eigenvalue weighted by atomic mass is 10.0. The molecule has 0 aliphatic carbocycles. The van der Waals surface area contributed by atoms with E-state index < -0.39 is 97.5 Å². The minimum absolute atomic E-state index is 0.108. The number of phosphoric ester groups is 2. The van der Waals surface area contributed by atoms with Crippen LogP contribution in [-0.2, 0) is 65.4 Å². The zero-order chi connectivity index (χ0) is 80.6. The highest BCUT2D eigenvalue weighted by Crippen LogP contribution is 2.45. The number of phosphoric acid groups is 2. The minimum Gasteiger partial charge on any atom is -0.462 e. The number of aliphatic hydroxyl groups is 1. The number of unbranched alkanes of at least 4 members (excludes halogenated alkanes) is 60. The van der Waals surface area contributed by atoms with E-state index in [1.54, 1.807) is 0 Å². The Kier molecular flexibility index (Phi) is 80.7. The van der Waals surface area contributed by atoms with Gasteiger partial charge in [0.15, 0.2) is 12.2 Å². The van der Waals surface area contributed by atoms with E-state index in [1.165, 1.54) is 308 Å². The largest absolute Gasteiger partial charge is 0.472 e.